The molecule has 0 aromatic heterocycles. The Morgan fingerprint density at radius 1 is 1.30 bits per heavy atom. The highest BCUT2D eigenvalue weighted by Crippen LogP contribution is 2.21. The highest BCUT2D eigenvalue weighted by atomic mass is 19.1. The van der Waals surface area contributed by atoms with Gasteiger partial charge >= 0.3 is 0 Å². The van der Waals surface area contributed by atoms with Crippen molar-refractivity contribution >= 4 is 0 Å². The van der Waals surface area contributed by atoms with Crippen LogP contribution in [0.2, 0.25) is 0 Å². The minimum Gasteiger partial charge on any atom is -0.314 e. The maximum Gasteiger partial charge on any atom is 0.129 e. The lowest BCUT2D eigenvalue weighted by molar-refractivity contribution is 0.142. The van der Waals surface area contributed by atoms with Crippen LogP contribution < -0.4 is 5.32 Å². The summed E-state index contributed by atoms with van der Waals surface area (Å²) in [6, 6.07) is 4.63. The van der Waals surface area contributed by atoms with Crippen LogP contribution in [0.25, 0.3) is 0 Å². The smallest absolute Gasteiger partial charge is 0.129 e. The van der Waals surface area contributed by atoms with E-state index in [0.717, 1.165) is 37.3 Å². The van der Waals surface area contributed by atoms with Crippen molar-refractivity contribution in [1.82, 2.24) is 10.2 Å². The van der Waals surface area contributed by atoms with Gasteiger partial charge in [0.1, 0.15) is 5.82 Å². The highest BCUT2D eigenvalue weighted by molar-refractivity contribution is 5.30. The number of nitrogens with one attached hydrogen (secondary N) is 1. The van der Waals surface area contributed by atoms with Crippen molar-refractivity contribution in [3.8, 4) is 0 Å². The van der Waals surface area contributed by atoms with Crippen molar-refractivity contribution < 1.29 is 4.39 Å². The number of hydrogen-bond donors (Lipinski definition) is 1. The number of likely N-dealkylation sites (tertiary alicyclic amines) is 1. The Hall–Kier alpha value is -0.930. The molecule has 2 rings (SSSR count). The molecule has 112 valence electrons. The fourth-order valence-electron chi connectivity index (χ4n) is 3.33. The molecule has 1 saturated heterocycles. The van der Waals surface area contributed by atoms with E-state index in [4.69, 9.17) is 0 Å². The summed E-state index contributed by atoms with van der Waals surface area (Å²) in [5, 5.41) is 3.57. The summed E-state index contributed by atoms with van der Waals surface area (Å²) in [6.07, 6.45) is 1.20. The zero-order valence-corrected chi connectivity index (χ0v) is 13.2. The van der Waals surface area contributed by atoms with Gasteiger partial charge in [0.25, 0.3) is 0 Å². The molecule has 0 radical (unpaired) electrons. The molecule has 1 N–H and O–H groups in total. The van der Waals surface area contributed by atoms with Gasteiger partial charge in [0.2, 0.25) is 0 Å². The largest absolute Gasteiger partial charge is 0.314 e. The third-order valence-electron chi connectivity index (χ3n) is 4.36. The average Bonchev–Trinajstić information content (AvgIpc) is 2.39. The van der Waals surface area contributed by atoms with Crippen LogP contribution in [-0.4, -0.2) is 30.6 Å². The standard InChI is InChI=1S/C17H27FN2/c1-5-19-16-6-7-20(10-14(16)4)11-15-8-12(2)17(18)13(3)9-15/h8-9,14,16,19H,5-7,10-11H2,1-4H3. The molecule has 20 heavy (non-hydrogen) atoms. The summed E-state index contributed by atoms with van der Waals surface area (Å²) in [4.78, 5) is 2.49. The first kappa shape index (κ1) is 15.5. The van der Waals surface area contributed by atoms with E-state index in [0.29, 0.717) is 12.0 Å². The molecule has 0 amide bonds. The van der Waals surface area contributed by atoms with Crippen molar-refractivity contribution in [2.45, 2.75) is 46.7 Å². The van der Waals surface area contributed by atoms with E-state index in [1.54, 1.807) is 0 Å². The van der Waals surface area contributed by atoms with Crippen LogP contribution in [0.5, 0.6) is 0 Å². The summed E-state index contributed by atoms with van der Waals surface area (Å²) in [7, 11) is 0. The number of piperidine rings is 1. The molecule has 2 nitrogen and oxygen atoms in total. The molecule has 2 unspecified atom stereocenters. The van der Waals surface area contributed by atoms with Gasteiger partial charge in [-0.25, -0.2) is 4.39 Å². The number of aryl methyl sites for hydroxylation is 2. The Bertz CT molecular complexity index is 435. The zero-order valence-electron chi connectivity index (χ0n) is 13.2. The van der Waals surface area contributed by atoms with Gasteiger partial charge in [0, 0.05) is 19.1 Å². The zero-order chi connectivity index (χ0) is 14.7. The minimum absolute atomic E-state index is 0.0621. The number of benzene rings is 1. The van der Waals surface area contributed by atoms with Gasteiger partial charge in [-0.1, -0.05) is 26.0 Å². The topological polar surface area (TPSA) is 15.3 Å². The molecule has 0 saturated carbocycles. The fourth-order valence-corrected chi connectivity index (χ4v) is 3.33. The van der Waals surface area contributed by atoms with Gasteiger partial charge in [0.15, 0.2) is 0 Å². The van der Waals surface area contributed by atoms with E-state index < -0.39 is 0 Å². The van der Waals surface area contributed by atoms with Crippen LogP contribution >= 0.6 is 0 Å². The molecular formula is C17H27FN2. The normalized spacial score (nSPS) is 24.1. The first-order valence-corrected chi connectivity index (χ1v) is 7.72. The second-order valence-corrected chi connectivity index (χ2v) is 6.21. The molecule has 0 spiro atoms. The maximum atomic E-state index is 13.7. The number of halogens is 1. The van der Waals surface area contributed by atoms with Gasteiger partial charge in [-0.2, -0.15) is 0 Å². The van der Waals surface area contributed by atoms with E-state index in [9.17, 15) is 4.39 Å². The lowest BCUT2D eigenvalue weighted by atomic mass is 9.93. The third kappa shape index (κ3) is 3.58. The predicted molar refractivity (Wildman–Crippen MR) is 82.4 cm³/mol. The van der Waals surface area contributed by atoms with Crippen LogP contribution in [0.15, 0.2) is 12.1 Å². The second kappa shape index (κ2) is 6.68. The van der Waals surface area contributed by atoms with Crippen LogP contribution in [-0.2, 0) is 6.54 Å². The Balaban J connectivity index is 1.98. The van der Waals surface area contributed by atoms with Crippen LogP contribution in [0.4, 0.5) is 4.39 Å². The Morgan fingerprint density at radius 3 is 2.50 bits per heavy atom. The average molecular weight is 278 g/mol. The third-order valence-corrected chi connectivity index (χ3v) is 4.36. The second-order valence-electron chi connectivity index (χ2n) is 6.21. The lowest BCUT2D eigenvalue weighted by Gasteiger charge is -2.37. The SMILES string of the molecule is CCNC1CCN(Cc2cc(C)c(F)c(C)c2)CC1C. The van der Waals surface area contributed by atoms with Crippen LogP contribution in [0, 0.1) is 25.6 Å². The fraction of sp³-hybridized carbons (Fsp3) is 0.647. The van der Waals surface area contributed by atoms with E-state index in [1.807, 2.05) is 26.0 Å². The Labute approximate surface area is 122 Å². The van der Waals surface area contributed by atoms with Crippen molar-refractivity contribution in [3.63, 3.8) is 0 Å². The number of hydrogen-bond acceptors (Lipinski definition) is 2. The van der Waals surface area contributed by atoms with Gasteiger partial charge < -0.3 is 5.32 Å². The Morgan fingerprint density at radius 2 is 1.95 bits per heavy atom. The Kier molecular flexibility index (Phi) is 5.17. The van der Waals surface area contributed by atoms with Crippen LogP contribution in [0.3, 0.4) is 0 Å². The van der Waals surface area contributed by atoms with Crippen molar-refractivity contribution in [2.24, 2.45) is 5.92 Å². The molecule has 1 aromatic carbocycles. The predicted octanol–water partition coefficient (Wildman–Crippen LogP) is 3.26. The molecule has 1 aliphatic heterocycles. The molecule has 1 heterocycles. The van der Waals surface area contributed by atoms with Gasteiger partial charge in [-0.15, -0.1) is 0 Å². The summed E-state index contributed by atoms with van der Waals surface area (Å²) in [5.41, 5.74) is 2.75. The lowest BCUT2D eigenvalue weighted by Crippen LogP contribution is -2.47. The molecular weight excluding hydrogens is 251 g/mol. The molecule has 1 aliphatic rings. The number of nitrogens with zero attached hydrogens (tertiary/aromatic N) is 1. The van der Waals surface area contributed by atoms with E-state index in [1.165, 1.54) is 12.0 Å². The molecule has 1 fully saturated rings. The van der Waals surface area contributed by atoms with Crippen molar-refractivity contribution in [3.05, 3.63) is 34.6 Å². The quantitative estimate of drug-likeness (QED) is 0.909. The maximum absolute atomic E-state index is 13.7. The first-order chi connectivity index (χ1) is 9.51. The molecule has 0 bridgehead atoms. The van der Waals surface area contributed by atoms with E-state index in [-0.39, 0.29) is 5.82 Å². The summed E-state index contributed by atoms with van der Waals surface area (Å²) < 4.78 is 13.7. The van der Waals surface area contributed by atoms with Gasteiger partial charge in [-0.3, -0.25) is 4.90 Å². The van der Waals surface area contributed by atoms with E-state index >= 15 is 0 Å². The molecule has 2 atom stereocenters. The van der Waals surface area contributed by atoms with Crippen LogP contribution in [0.1, 0.15) is 37.0 Å². The highest BCUT2D eigenvalue weighted by Gasteiger charge is 2.25. The number of rotatable bonds is 4. The van der Waals surface area contributed by atoms with Gasteiger partial charge in [0.05, 0.1) is 0 Å². The van der Waals surface area contributed by atoms with E-state index in [2.05, 4.69) is 24.1 Å². The summed E-state index contributed by atoms with van der Waals surface area (Å²) in [6.45, 7) is 12.4. The minimum atomic E-state index is -0.0621. The van der Waals surface area contributed by atoms with Crippen molar-refractivity contribution in [2.75, 3.05) is 19.6 Å². The first-order valence-electron chi connectivity index (χ1n) is 7.72. The summed E-state index contributed by atoms with van der Waals surface area (Å²) in [5.74, 6) is 0.610. The van der Waals surface area contributed by atoms with Crippen molar-refractivity contribution in [1.29, 1.82) is 0 Å². The molecule has 3 heteroatoms. The molecule has 0 aliphatic carbocycles. The van der Waals surface area contributed by atoms with Gasteiger partial charge in [-0.05, 0) is 56.0 Å². The summed E-state index contributed by atoms with van der Waals surface area (Å²) >= 11 is 0. The molecule has 1 aromatic rings. The monoisotopic (exact) mass is 278 g/mol.